The molecule has 0 fully saturated rings. The predicted octanol–water partition coefficient (Wildman–Crippen LogP) is 4.22. The van der Waals surface area contributed by atoms with Crippen molar-refractivity contribution in [1.29, 1.82) is 0 Å². The maximum Gasteiger partial charge on any atom is 0.237 e. The lowest BCUT2D eigenvalue weighted by Crippen LogP contribution is -2.38. The van der Waals surface area contributed by atoms with Gasteiger partial charge in [0.05, 0.1) is 11.4 Å². The van der Waals surface area contributed by atoms with Crippen LogP contribution < -0.4 is 10.2 Å². The average molecular weight is 421 g/mol. The molecular formula is C20H21ClN2O2S2. The minimum atomic E-state index is -0.0226. The summed E-state index contributed by atoms with van der Waals surface area (Å²) in [6.45, 7) is 1.04. The van der Waals surface area contributed by atoms with Crippen LogP contribution in [0.15, 0.2) is 53.4 Å². The van der Waals surface area contributed by atoms with Gasteiger partial charge in [-0.2, -0.15) is 11.8 Å². The van der Waals surface area contributed by atoms with E-state index in [1.54, 1.807) is 28.4 Å². The van der Waals surface area contributed by atoms with Crippen LogP contribution in [0.25, 0.3) is 0 Å². The molecule has 0 saturated heterocycles. The fourth-order valence-electron chi connectivity index (χ4n) is 2.73. The van der Waals surface area contributed by atoms with Crippen molar-refractivity contribution in [1.82, 2.24) is 5.32 Å². The molecular weight excluding hydrogens is 400 g/mol. The molecule has 0 bridgehead atoms. The molecule has 7 heteroatoms. The number of halogens is 1. The highest BCUT2D eigenvalue weighted by atomic mass is 35.5. The van der Waals surface area contributed by atoms with E-state index in [0.717, 1.165) is 27.1 Å². The van der Waals surface area contributed by atoms with Crippen LogP contribution in [-0.4, -0.2) is 36.4 Å². The van der Waals surface area contributed by atoms with Crippen LogP contribution in [0.1, 0.15) is 12.0 Å². The summed E-state index contributed by atoms with van der Waals surface area (Å²) in [4.78, 5) is 27.1. The highest BCUT2D eigenvalue weighted by Gasteiger charge is 2.24. The number of carbonyl (C=O) groups is 2. The lowest BCUT2D eigenvalue weighted by atomic mass is 10.2. The topological polar surface area (TPSA) is 49.4 Å². The molecule has 0 unspecified atom stereocenters. The molecule has 0 atom stereocenters. The number of para-hydroxylation sites is 1. The number of carbonyl (C=O) groups excluding carboxylic acids is 2. The molecule has 27 heavy (non-hydrogen) atoms. The van der Waals surface area contributed by atoms with Gasteiger partial charge in [0.2, 0.25) is 11.8 Å². The minimum absolute atomic E-state index is 0.0226. The van der Waals surface area contributed by atoms with Gasteiger partial charge in [0.1, 0.15) is 0 Å². The maximum atomic E-state index is 12.2. The summed E-state index contributed by atoms with van der Waals surface area (Å²) >= 11 is 9.19. The zero-order valence-corrected chi connectivity index (χ0v) is 17.2. The molecule has 2 aromatic carbocycles. The van der Waals surface area contributed by atoms with Crippen LogP contribution in [0.4, 0.5) is 5.69 Å². The molecule has 142 valence electrons. The summed E-state index contributed by atoms with van der Waals surface area (Å²) in [6, 6.07) is 15.6. The summed E-state index contributed by atoms with van der Waals surface area (Å²) in [5.74, 6) is 2.20. The minimum Gasteiger partial charge on any atom is -0.355 e. The van der Waals surface area contributed by atoms with Crippen molar-refractivity contribution >= 4 is 52.6 Å². The Balaban J connectivity index is 1.36. The molecule has 2 amide bonds. The maximum absolute atomic E-state index is 12.2. The number of thioether (sulfide) groups is 2. The first kappa shape index (κ1) is 20.1. The Morgan fingerprint density at radius 3 is 2.78 bits per heavy atom. The van der Waals surface area contributed by atoms with Crippen molar-refractivity contribution in [3.63, 3.8) is 0 Å². The number of hydrogen-bond acceptors (Lipinski definition) is 4. The van der Waals surface area contributed by atoms with Gasteiger partial charge in [-0.25, -0.2) is 0 Å². The molecule has 4 nitrogen and oxygen atoms in total. The number of anilines is 1. The second-order valence-electron chi connectivity index (χ2n) is 6.08. The third kappa shape index (κ3) is 5.92. The second kappa shape index (κ2) is 10.1. The van der Waals surface area contributed by atoms with E-state index in [4.69, 9.17) is 11.6 Å². The van der Waals surface area contributed by atoms with E-state index in [9.17, 15) is 9.59 Å². The Morgan fingerprint density at radius 2 is 1.96 bits per heavy atom. The molecule has 0 saturated carbocycles. The molecule has 1 heterocycles. The van der Waals surface area contributed by atoms with Crippen LogP contribution in [0, 0.1) is 0 Å². The number of fused-ring (bicyclic) bond motifs is 1. The molecule has 2 aromatic rings. The van der Waals surface area contributed by atoms with Crippen molar-refractivity contribution in [3.8, 4) is 0 Å². The third-order valence-electron chi connectivity index (χ3n) is 4.12. The fourth-order valence-corrected chi connectivity index (χ4v) is 4.61. The van der Waals surface area contributed by atoms with Crippen molar-refractivity contribution < 1.29 is 9.59 Å². The Bertz CT molecular complexity index is 799. The first-order chi connectivity index (χ1) is 13.1. The van der Waals surface area contributed by atoms with E-state index in [1.165, 1.54) is 5.56 Å². The van der Waals surface area contributed by atoms with Crippen molar-refractivity contribution in [2.75, 3.05) is 29.5 Å². The summed E-state index contributed by atoms with van der Waals surface area (Å²) in [5.41, 5.74) is 2.13. The van der Waals surface area contributed by atoms with Crippen LogP contribution >= 0.6 is 35.1 Å². The van der Waals surface area contributed by atoms with E-state index in [-0.39, 0.29) is 11.8 Å². The van der Waals surface area contributed by atoms with E-state index in [2.05, 4.69) is 5.32 Å². The van der Waals surface area contributed by atoms with Crippen LogP contribution in [0.3, 0.4) is 0 Å². The third-order valence-corrected chi connectivity index (χ3v) is 6.45. The van der Waals surface area contributed by atoms with E-state index in [1.807, 2.05) is 48.5 Å². The molecule has 3 rings (SSSR count). The second-order valence-corrected chi connectivity index (χ2v) is 8.64. The van der Waals surface area contributed by atoms with E-state index in [0.29, 0.717) is 25.3 Å². The molecule has 1 aliphatic rings. The van der Waals surface area contributed by atoms with Crippen LogP contribution in [0.2, 0.25) is 5.02 Å². The smallest absolute Gasteiger partial charge is 0.237 e. The number of benzene rings is 2. The van der Waals surface area contributed by atoms with Crippen molar-refractivity contribution in [2.24, 2.45) is 0 Å². The molecule has 0 aromatic heterocycles. The predicted molar refractivity (Wildman–Crippen MR) is 115 cm³/mol. The first-order valence-corrected chi connectivity index (χ1v) is 11.3. The van der Waals surface area contributed by atoms with Gasteiger partial charge in [0, 0.05) is 40.9 Å². The Kier molecular flexibility index (Phi) is 7.50. The highest BCUT2D eigenvalue weighted by Crippen LogP contribution is 2.34. The van der Waals surface area contributed by atoms with Crippen molar-refractivity contribution in [2.45, 2.75) is 17.1 Å². The standard InChI is InChI=1S/C20H21ClN2O2S2/c21-16-7-5-15(6-8-16)13-26-12-10-22-19(24)9-11-23-17-3-1-2-4-18(17)27-14-20(23)25/h1-8H,9-14H2,(H,22,24). The lowest BCUT2D eigenvalue weighted by Gasteiger charge is -2.28. The summed E-state index contributed by atoms with van der Waals surface area (Å²) < 4.78 is 0. The van der Waals surface area contributed by atoms with Gasteiger partial charge < -0.3 is 10.2 Å². The average Bonchev–Trinajstić information content (AvgIpc) is 2.68. The van der Waals surface area contributed by atoms with Crippen LogP contribution in [-0.2, 0) is 15.3 Å². The van der Waals surface area contributed by atoms with Gasteiger partial charge in [-0.1, -0.05) is 35.9 Å². The molecule has 0 radical (unpaired) electrons. The normalized spacial score (nSPS) is 13.4. The number of nitrogens with zero attached hydrogens (tertiary/aromatic N) is 1. The van der Waals surface area contributed by atoms with Crippen LogP contribution in [0.5, 0.6) is 0 Å². The molecule has 0 spiro atoms. The molecule has 1 N–H and O–H groups in total. The Labute approximate surface area is 173 Å². The summed E-state index contributed by atoms with van der Waals surface area (Å²) in [7, 11) is 0. The summed E-state index contributed by atoms with van der Waals surface area (Å²) in [5, 5.41) is 3.67. The van der Waals surface area contributed by atoms with Gasteiger partial charge in [-0.15, -0.1) is 11.8 Å². The quantitative estimate of drug-likeness (QED) is 0.649. The largest absolute Gasteiger partial charge is 0.355 e. The van der Waals surface area contributed by atoms with Gasteiger partial charge in [0.25, 0.3) is 0 Å². The molecule has 1 aliphatic heterocycles. The number of hydrogen-bond donors (Lipinski definition) is 1. The van der Waals surface area contributed by atoms with Crippen molar-refractivity contribution in [3.05, 3.63) is 59.1 Å². The van der Waals surface area contributed by atoms with E-state index >= 15 is 0 Å². The summed E-state index contributed by atoms with van der Waals surface area (Å²) in [6.07, 6.45) is 0.312. The zero-order valence-electron chi connectivity index (χ0n) is 14.8. The SMILES string of the molecule is O=C(CCN1C(=O)CSc2ccccc21)NCCSCc1ccc(Cl)cc1. The zero-order chi connectivity index (χ0) is 19.1. The number of amides is 2. The van der Waals surface area contributed by atoms with Gasteiger partial charge in [-0.3, -0.25) is 9.59 Å². The fraction of sp³-hybridized carbons (Fsp3) is 0.300. The Hall–Kier alpha value is -1.63. The highest BCUT2D eigenvalue weighted by molar-refractivity contribution is 8.00. The van der Waals surface area contributed by atoms with E-state index < -0.39 is 0 Å². The Morgan fingerprint density at radius 1 is 1.19 bits per heavy atom. The molecule has 0 aliphatic carbocycles. The van der Waals surface area contributed by atoms with Gasteiger partial charge in [0.15, 0.2) is 0 Å². The number of rotatable bonds is 8. The first-order valence-electron chi connectivity index (χ1n) is 8.74. The van der Waals surface area contributed by atoms with Gasteiger partial charge in [-0.05, 0) is 29.8 Å². The number of nitrogens with one attached hydrogen (secondary N) is 1. The lowest BCUT2D eigenvalue weighted by molar-refractivity contribution is -0.120. The monoisotopic (exact) mass is 420 g/mol. The van der Waals surface area contributed by atoms with Gasteiger partial charge >= 0.3 is 0 Å².